The lowest BCUT2D eigenvalue weighted by Gasteiger charge is -2.20. The van der Waals surface area contributed by atoms with Crippen LogP contribution in [0, 0.1) is 11.3 Å². The molecule has 0 fully saturated rings. The highest BCUT2D eigenvalue weighted by atomic mass is 35.5. The van der Waals surface area contributed by atoms with E-state index in [0.717, 1.165) is 12.8 Å². The SMILES string of the molecule is CCCC(CCO)Nc1c(C#N)c(Cl)nc2cccnc12. The molecule has 0 aliphatic heterocycles. The number of nitrogens with one attached hydrogen (secondary N) is 1. The van der Waals surface area contributed by atoms with Crippen molar-refractivity contribution in [3.05, 3.63) is 29.0 Å². The Labute approximate surface area is 128 Å². The fourth-order valence-electron chi connectivity index (χ4n) is 2.30. The van der Waals surface area contributed by atoms with E-state index in [1.807, 2.05) is 0 Å². The summed E-state index contributed by atoms with van der Waals surface area (Å²) in [5.74, 6) is 0. The van der Waals surface area contributed by atoms with E-state index in [1.54, 1.807) is 18.3 Å². The van der Waals surface area contributed by atoms with E-state index < -0.39 is 0 Å². The Hall–Kier alpha value is -1.90. The zero-order valence-corrected chi connectivity index (χ0v) is 12.6. The smallest absolute Gasteiger partial charge is 0.149 e. The summed E-state index contributed by atoms with van der Waals surface area (Å²) in [6.45, 7) is 2.16. The Bertz CT molecular complexity index is 663. The summed E-state index contributed by atoms with van der Waals surface area (Å²) >= 11 is 6.10. The monoisotopic (exact) mass is 304 g/mol. The number of nitrogens with zero attached hydrogens (tertiary/aromatic N) is 3. The topological polar surface area (TPSA) is 81.8 Å². The van der Waals surface area contributed by atoms with Gasteiger partial charge in [-0.25, -0.2) is 4.98 Å². The average molecular weight is 305 g/mol. The van der Waals surface area contributed by atoms with Gasteiger partial charge in [-0.1, -0.05) is 24.9 Å². The minimum absolute atomic E-state index is 0.0655. The summed E-state index contributed by atoms with van der Waals surface area (Å²) in [7, 11) is 0. The Kier molecular flexibility index (Phi) is 5.32. The molecule has 6 heteroatoms. The molecular weight excluding hydrogens is 288 g/mol. The highest BCUT2D eigenvalue weighted by Gasteiger charge is 2.17. The quantitative estimate of drug-likeness (QED) is 0.801. The normalized spacial score (nSPS) is 12.1. The minimum Gasteiger partial charge on any atom is -0.396 e. The van der Waals surface area contributed by atoms with Crippen molar-refractivity contribution in [1.29, 1.82) is 5.26 Å². The van der Waals surface area contributed by atoms with Crippen LogP contribution in [0.2, 0.25) is 5.15 Å². The van der Waals surface area contributed by atoms with Crippen LogP contribution in [0.25, 0.3) is 11.0 Å². The lowest BCUT2D eigenvalue weighted by molar-refractivity contribution is 0.276. The number of aliphatic hydroxyl groups excluding tert-OH is 1. The van der Waals surface area contributed by atoms with Crippen LogP contribution in [-0.4, -0.2) is 27.7 Å². The second-order valence-electron chi connectivity index (χ2n) is 4.78. The van der Waals surface area contributed by atoms with Crippen LogP contribution in [0.15, 0.2) is 18.3 Å². The first-order valence-electron chi connectivity index (χ1n) is 6.93. The largest absolute Gasteiger partial charge is 0.396 e. The van der Waals surface area contributed by atoms with Gasteiger partial charge in [0.25, 0.3) is 0 Å². The van der Waals surface area contributed by atoms with E-state index in [4.69, 9.17) is 11.6 Å². The van der Waals surface area contributed by atoms with Gasteiger partial charge < -0.3 is 10.4 Å². The number of hydrogen-bond acceptors (Lipinski definition) is 5. The van der Waals surface area contributed by atoms with E-state index in [2.05, 4.69) is 28.3 Å². The molecule has 0 saturated carbocycles. The molecule has 2 N–H and O–H groups in total. The molecule has 110 valence electrons. The van der Waals surface area contributed by atoms with Crippen molar-refractivity contribution in [2.24, 2.45) is 0 Å². The van der Waals surface area contributed by atoms with Gasteiger partial charge in [-0.05, 0) is 25.0 Å². The van der Waals surface area contributed by atoms with Crippen LogP contribution < -0.4 is 5.32 Å². The Morgan fingerprint density at radius 1 is 1.48 bits per heavy atom. The van der Waals surface area contributed by atoms with Gasteiger partial charge >= 0.3 is 0 Å². The third-order valence-electron chi connectivity index (χ3n) is 3.27. The third kappa shape index (κ3) is 3.41. The molecule has 5 nitrogen and oxygen atoms in total. The summed E-state index contributed by atoms with van der Waals surface area (Å²) in [6, 6.07) is 5.74. The fraction of sp³-hybridized carbons (Fsp3) is 0.400. The molecule has 0 aliphatic carbocycles. The van der Waals surface area contributed by atoms with Gasteiger partial charge in [0.2, 0.25) is 0 Å². The molecule has 0 bridgehead atoms. The van der Waals surface area contributed by atoms with E-state index in [9.17, 15) is 10.4 Å². The lowest BCUT2D eigenvalue weighted by Crippen LogP contribution is -2.22. The summed E-state index contributed by atoms with van der Waals surface area (Å²) in [5, 5.41) is 22.0. The van der Waals surface area contributed by atoms with Crippen molar-refractivity contribution in [3.63, 3.8) is 0 Å². The molecular formula is C15H17ClN4O. The van der Waals surface area contributed by atoms with Crippen molar-refractivity contribution < 1.29 is 5.11 Å². The maximum atomic E-state index is 9.34. The molecule has 0 amide bonds. The van der Waals surface area contributed by atoms with Crippen LogP contribution in [0.4, 0.5) is 5.69 Å². The van der Waals surface area contributed by atoms with Gasteiger partial charge in [-0.3, -0.25) is 4.98 Å². The maximum Gasteiger partial charge on any atom is 0.149 e. The molecule has 0 radical (unpaired) electrons. The number of pyridine rings is 2. The van der Waals surface area contributed by atoms with Gasteiger partial charge in [0, 0.05) is 18.8 Å². The van der Waals surface area contributed by atoms with Crippen molar-refractivity contribution in [2.75, 3.05) is 11.9 Å². The van der Waals surface area contributed by atoms with E-state index in [0.29, 0.717) is 28.7 Å². The molecule has 0 aromatic carbocycles. The first kappa shape index (κ1) is 15.5. The number of halogens is 1. The van der Waals surface area contributed by atoms with Crippen LogP contribution in [0.1, 0.15) is 31.7 Å². The molecule has 21 heavy (non-hydrogen) atoms. The standard InChI is InChI=1S/C15H17ClN4O/c1-2-4-10(6-8-21)19-13-11(9-17)15(16)20-12-5-3-7-18-14(12)13/h3,5,7,10,21H,2,4,6,8H2,1H3,(H,19,20). The molecule has 2 rings (SSSR count). The minimum atomic E-state index is 0.0655. The predicted molar refractivity (Wildman–Crippen MR) is 83.3 cm³/mol. The van der Waals surface area contributed by atoms with Crippen LogP contribution in [0.5, 0.6) is 0 Å². The molecule has 0 spiro atoms. The number of aromatic nitrogens is 2. The lowest BCUT2D eigenvalue weighted by atomic mass is 10.1. The average Bonchev–Trinajstić information content (AvgIpc) is 2.48. The van der Waals surface area contributed by atoms with Gasteiger partial charge in [0.1, 0.15) is 22.3 Å². The summed E-state index contributed by atoms with van der Waals surface area (Å²) in [6.07, 6.45) is 4.13. The second kappa shape index (κ2) is 7.21. The molecule has 0 aliphatic rings. The summed E-state index contributed by atoms with van der Waals surface area (Å²) in [5.41, 5.74) is 2.16. The molecule has 1 unspecified atom stereocenters. The van der Waals surface area contributed by atoms with Crippen molar-refractivity contribution >= 4 is 28.3 Å². The number of rotatable bonds is 6. The first-order valence-corrected chi connectivity index (χ1v) is 7.30. The third-order valence-corrected chi connectivity index (χ3v) is 3.55. The molecule has 2 heterocycles. The number of aliphatic hydroxyl groups is 1. The highest BCUT2D eigenvalue weighted by molar-refractivity contribution is 6.31. The van der Waals surface area contributed by atoms with Gasteiger partial charge in [0.15, 0.2) is 0 Å². The van der Waals surface area contributed by atoms with Crippen LogP contribution in [0.3, 0.4) is 0 Å². The fourth-order valence-corrected chi connectivity index (χ4v) is 2.53. The van der Waals surface area contributed by atoms with E-state index in [1.165, 1.54) is 0 Å². The van der Waals surface area contributed by atoms with Crippen molar-refractivity contribution in [3.8, 4) is 6.07 Å². The summed E-state index contributed by atoms with van der Waals surface area (Å²) < 4.78 is 0. The molecule has 0 saturated heterocycles. The van der Waals surface area contributed by atoms with Gasteiger partial charge in [-0.2, -0.15) is 5.26 Å². The number of fused-ring (bicyclic) bond motifs is 1. The highest BCUT2D eigenvalue weighted by Crippen LogP contribution is 2.30. The van der Waals surface area contributed by atoms with Gasteiger partial charge in [0.05, 0.1) is 11.2 Å². The van der Waals surface area contributed by atoms with Crippen molar-refractivity contribution in [1.82, 2.24) is 9.97 Å². The maximum absolute atomic E-state index is 9.34. The zero-order valence-electron chi connectivity index (χ0n) is 11.8. The van der Waals surface area contributed by atoms with E-state index in [-0.39, 0.29) is 17.8 Å². The Morgan fingerprint density at radius 2 is 2.29 bits per heavy atom. The number of anilines is 1. The number of nitriles is 1. The zero-order chi connectivity index (χ0) is 15.2. The van der Waals surface area contributed by atoms with Crippen LogP contribution in [-0.2, 0) is 0 Å². The van der Waals surface area contributed by atoms with Gasteiger partial charge in [-0.15, -0.1) is 0 Å². The summed E-state index contributed by atoms with van der Waals surface area (Å²) in [4.78, 5) is 8.50. The molecule has 1 atom stereocenters. The molecule has 2 aromatic rings. The molecule has 2 aromatic heterocycles. The second-order valence-corrected chi connectivity index (χ2v) is 5.14. The Morgan fingerprint density at radius 3 is 2.95 bits per heavy atom. The Balaban J connectivity index is 2.52. The van der Waals surface area contributed by atoms with E-state index >= 15 is 0 Å². The number of hydrogen-bond donors (Lipinski definition) is 2. The first-order chi connectivity index (χ1) is 10.2. The van der Waals surface area contributed by atoms with Crippen LogP contribution >= 0.6 is 11.6 Å². The predicted octanol–water partition coefficient (Wildman–Crippen LogP) is 3.12. The van der Waals surface area contributed by atoms with Crippen molar-refractivity contribution in [2.45, 2.75) is 32.2 Å².